The summed E-state index contributed by atoms with van der Waals surface area (Å²) in [6, 6.07) is -0.930. The maximum Gasteiger partial charge on any atom is 0.419 e. The van der Waals surface area contributed by atoms with Gasteiger partial charge in [0.25, 0.3) is 0 Å². The van der Waals surface area contributed by atoms with Gasteiger partial charge in [0.05, 0.1) is 6.61 Å². The van der Waals surface area contributed by atoms with Gasteiger partial charge in [0.1, 0.15) is 19.9 Å². The zero-order chi connectivity index (χ0) is 14.5. The fourth-order valence-corrected chi connectivity index (χ4v) is 0.830. The van der Waals surface area contributed by atoms with Crippen molar-refractivity contribution in [2.75, 3.05) is 33.7 Å². The van der Waals surface area contributed by atoms with E-state index in [-0.39, 0.29) is 19.9 Å². The van der Waals surface area contributed by atoms with Crippen LogP contribution in [0.15, 0.2) is 9.98 Å². The van der Waals surface area contributed by atoms with E-state index < -0.39 is 18.8 Å². The third-order valence-corrected chi connectivity index (χ3v) is 1.63. The maximum absolute atomic E-state index is 11.5. The molecule has 0 aliphatic heterocycles. The fraction of sp³-hybridized carbons (Fsp3) is 0.556. The third kappa shape index (κ3) is 7.40. The molecule has 10 heteroatoms. The highest BCUT2D eigenvalue weighted by molar-refractivity contribution is 5.90. The topological polar surface area (TPSA) is 127 Å². The molecule has 0 spiro atoms. The van der Waals surface area contributed by atoms with Crippen LogP contribution in [-0.2, 0) is 19.1 Å². The number of nitrogens with one attached hydrogen (secondary N) is 1. The van der Waals surface area contributed by atoms with Crippen molar-refractivity contribution in [3.05, 3.63) is 0 Å². The molecule has 0 radical (unpaired) electrons. The summed E-state index contributed by atoms with van der Waals surface area (Å²) in [5.74, 6) is 0. The zero-order valence-corrected chi connectivity index (χ0v) is 10.1. The van der Waals surface area contributed by atoms with Crippen molar-refractivity contribution in [1.29, 1.82) is 0 Å². The Balaban J connectivity index is 4.49. The van der Waals surface area contributed by atoms with Crippen molar-refractivity contribution in [2.45, 2.75) is 0 Å². The standard InChI is InChI=1S/C9H12N4O6/c1-18-2-3-19-9(17)13(5-11-7-15)8(16)12-4-10-6-14/h2-5H2,1H3,(H,12,16). The van der Waals surface area contributed by atoms with Crippen molar-refractivity contribution >= 4 is 24.3 Å². The molecule has 0 aromatic heterocycles. The molecule has 0 atom stereocenters. The van der Waals surface area contributed by atoms with E-state index in [1.54, 1.807) is 0 Å². The van der Waals surface area contributed by atoms with Crippen molar-refractivity contribution in [3.8, 4) is 0 Å². The van der Waals surface area contributed by atoms with Crippen LogP contribution in [0.4, 0.5) is 9.59 Å². The van der Waals surface area contributed by atoms with E-state index in [4.69, 9.17) is 0 Å². The number of aliphatic imine (C=N–C) groups is 2. The Morgan fingerprint density at radius 2 is 1.89 bits per heavy atom. The highest BCUT2D eigenvalue weighted by Gasteiger charge is 2.22. The third-order valence-electron chi connectivity index (χ3n) is 1.63. The molecule has 19 heavy (non-hydrogen) atoms. The van der Waals surface area contributed by atoms with Crippen LogP contribution in [0.5, 0.6) is 0 Å². The summed E-state index contributed by atoms with van der Waals surface area (Å²) < 4.78 is 9.33. The number of ether oxygens (including phenoxy) is 2. The summed E-state index contributed by atoms with van der Waals surface area (Å²) in [7, 11) is 1.41. The zero-order valence-electron chi connectivity index (χ0n) is 10.1. The number of nitrogens with zero attached hydrogens (tertiary/aromatic N) is 3. The molecule has 0 aromatic rings. The van der Waals surface area contributed by atoms with Gasteiger partial charge in [0.15, 0.2) is 0 Å². The number of urea groups is 1. The predicted molar refractivity (Wildman–Crippen MR) is 59.6 cm³/mol. The van der Waals surface area contributed by atoms with Crippen LogP contribution >= 0.6 is 0 Å². The van der Waals surface area contributed by atoms with E-state index in [2.05, 4.69) is 24.8 Å². The number of imide groups is 1. The van der Waals surface area contributed by atoms with E-state index in [0.717, 1.165) is 0 Å². The van der Waals surface area contributed by atoms with E-state index in [9.17, 15) is 19.2 Å². The lowest BCUT2D eigenvalue weighted by Crippen LogP contribution is -2.44. The molecule has 0 aliphatic rings. The molecule has 0 unspecified atom stereocenters. The molecule has 3 amide bonds. The Labute approximate surface area is 108 Å². The van der Waals surface area contributed by atoms with Crippen LogP contribution in [0.2, 0.25) is 0 Å². The number of carbonyl (C=O) groups is 2. The van der Waals surface area contributed by atoms with Gasteiger partial charge in [-0.2, -0.15) is 9.98 Å². The van der Waals surface area contributed by atoms with Crippen LogP contribution < -0.4 is 5.32 Å². The Hall–Kier alpha value is -2.54. The van der Waals surface area contributed by atoms with Gasteiger partial charge < -0.3 is 14.8 Å². The Bertz CT molecular complexity index is 400. The number of hydrogen-bond acceptors (Lipinski definition) is 8. The predicted octanol–water partition coefficient (Wildman–Crippen LogP) is -0.632. The maximum atomic E-state index is 11.5. The quantitative estimate of drug-likeness (QED) is 0.373. The van der Waals surface area contributed by atoms with Crippen LogP contribution in [0.1, 0.15) is 0 Å². The number of amides is 3. The Morgan fingerprint density at radius 3 is 2.47 bits per heavy atom. The molecular formula is C9H12N4O6. The SMILES string of the molecule is COCCOC(=O)N(CN=C=O)C(=O)NCN=C=O. The van der Waals surface area contributed by atoms with Crippen LogP contribution in [0, 0.1) is 0 Å². The molecule has 0 heterocycles. The minimum Gasteiger partial charge on any atom is -0.447 e. The Morgan fingerprint density at radius 1 is 1.21 bits per heavy atom. The van der Waals surface area contributed by atoms with Crippen LogP contribution in [0.3, 0.4) is 0 Å². The minimum atomic E-state index is -1.02. The van der Waals surface area contributed by atoms with Crippen molar-refractivity contribution < 1.29 is 28.7 Å². The first-order chi connectivity index (χ1) is 9.17. The molecule has 0 rings (SSSR count). The van der Waals surface area contributed by atoms with Gasteiger partial charge in [-0.05, 0) is 0 Å². The number of rotatable bonds is 7. The van der Waals surface area contributed by atoms with Crippen LogP contribution in [0.25, 0.3) is 0 Å². The first kappa shape index (κ1) is 16.5. The van der Waals surface area contributed by atoms with E-state index in [0.29, 0.717) is 4.90 Å². The van der Waals surface area contributed by atoms with Crippen LogP contribution in [-0.4, -0.2) is 62.8 Å². The molecule has 0 aliphatic carbocycles. The van der Waals surface area contributed by atoms with Gasteiger partial charge in [-0.3, -0.25) is 0 Å². The lowest BCUT2D eigenvalue weighted by Gasteiger charge is -2.17. The minimum absolute atomic E-state index is 0.0730. The Kier molecular flexibility index (Phi) is 9.19. The lowest BCUT2D eigenvalue weighted by atomic mass is 10.7. The van der Waals surface area contributed by atoms with E-state index >= 15 is 0 Å². The second-order valence-electron chi connectivity index (χ2n) is 2.82. The number of carbonyl (C=O) groups excluding carboxylic acids is 4. The molecule has 0 saturated heterocycles. The summed E-state index contributed by atoms with van der Waals surface area (Å²) in [4.78, 5) is 49.4. The summed E-state index contributed by atoms with van der Waals surface area (Å²) >= 11 is 0. The van der Waals surface area contributed by atoms with Crippen molar-refractivity contribution in [3.63, 3.8) is 0 Å². The van der Waals surface area contributed by atoms with E-state index in [1.165, 1.54) is 19.3 Å². The summed E-state index contributed by atoms with van der Waals surface area (Å²) in [5.41, 5.74) is 0. The first-order valence-electron chi connectivity index (χ1n) is 4.95. The average molecular weight is 272 g/mol. The molecule has 0 saturated carbocycles. The number of isocyanates is 2. The molecule has 0 bridgehead atoms. The average Bonchev–Trinajstić information content (AvgIpc) is 2.40. The molecule has 0 aromatic carbocycles. The summed E-state index contributed by atoms with van der Waals surface area (Å²) in [5, 5.41) is 2.10. The first-order valence-corrected chi connectivity index (χ1v) is 4.95. The second-order valence-corrected chi connectivity index (χ2v) is 2.82. The molecular weight excluding hydrogens is 260 g/mol. The highest BCUT2D eigenvalue weighted by Crippen LogP contribution is 1.96. The van der Waals surface area contributed by atoms with Gasteiger partial charge in [-0.25, -0.2) is 24.1 Å². The van der Waals surface area contributed by atoms with Crippen molar-refractivity contribution in [2.24, 2.45) is 9.98 Å². The lowest BCUT2D eigenvalue weighted by molar-refractivity contribution is 0.0785. The smallest absolute Gasteiger partial charge is 0.419 e. The molecule has 104 valence electrons. The van der Waals surface area contributed by atoms with Gasteiger partial charge >= 0.3 is 12.1 Å². The monoisotopic (exact) mass is 272 g/mol. The fourth-order valence-electron chi connectivity index (χ4n) is 0.830. The van der Waals surface area contributed by atoms with Gasteiger partial charge in [-0.1, -0.05) is 0 Å². The summed E-state index contributed by atoms with van der Waals surface area (Å²) in [6.07, 6.45) is 1.35. The molecule has 0 fully saturated rings. The largest absolute Gasteiger partial charge is 0.447 e. The van der Waals surface area contributed by atoms with Gasteiger partial charge in [0, 0.05) is 7.11 Å². The molecule has 1 N–H and O–H groups in total. The van der Waals surface area contributed by atoms with Crippen molar-refractivity contribution in [1.82, 2.24) is 10.2 Å². The van der Waals surface area contributed by atoms with E-state index in [1.807, 2.05) is 0 Å². The number of hydrogen-bond donors (Lipinski definition) is 1. The molecule has 10 nitrogen and oxygen atoms in total. The highest BCUT2D eigenvalue weighted by atomic mass is 16.6. The summed E-state index contributed by atoms with van der Waals surface area (Å²) in [6.45, 7) is -0.856. The normalized spacial score (nSPS) is 8.68. The van der Waals surface area contributed by atoms with Gasteiger partial charge in [-0.15, -0.1) is 0 Å². The van der Waals surface area contributed by atoms with Gasteiger partial charge in [0.2, 0.25) is 12.2 Å². The second kappa shape index (κ2) is 10.6. The number of methoxy groups -OCH3 is 1.